The highest BCUT2D eigenvalue weighted by molar-refractivity contribution is 5.84. The molecule has 0 aromatic heterocycles. The molecule has 1 amide bonds. The van der Waals surface area contributed by atoms with Crippen molar-refractivity contribution >= 4 is 11.9 Å². The smallest absolute Gasteiger partial charge is 0.308 e. The largest absolute Gasteiger partial charge is 0.481 e. The SMILES string of the molecule is CCOCCC1(C(=O)NCC(Cc2ccccc2)C(=O)O)CCC1. The number of rotatable bonds is 10. The molecular formula is C19H27NO4. The highest BCUT2D eigenvalue weighted by Gasteiger charge is 2.43. The lowest BCUT2D eigenvalue weighted by Gasteiger charge is -2.40. The fraction of sp³-hybridized carbons (Fsp3) is 0.579. The molecule has 0 saturated heterocycles. The second-order valence-corrected chi connectivity index (χ2v) is 6.52. The van der Waals surface area contributed by atoms with E-state index >= 15 is 0 Å². The highest BCUT2D eigenvalue weighted by atomic mass is 16.5. The minimum atomic E-state index is -0.879. The van der Waals surface area contributed by atoms with Crippen LogP contribution in [0.15, 0.2) is 30.3 Å². The van der Waals surface area contributed by atoms with Gasteiger partial charge in [-0.1, -0.05) is 36.8 Å². The van der Waals surface area contributed by atoms with Crippen molar-refractivity contribution in [1.82, 2.24) is 5.32 Å². The van der Waals surface area contributed by atoms with Gasteiger partial charge in [-0.15, -0.1) is 0 Å². The summed E-state index contributed by atoms with van der Waals surface area (Å²) in [5, 5.41) is 12.3. The number of aliphatic carboxylic acids is 1. The van der Waals surface area contributed by atoms with Crippen LogP contribution in [0.4, 0.5) is 0 Å². The van der Waals surface area contributed by atoms with Gasteiger partial charge in [-0.05, 0) is 38.2 Å². The summed E-state index contributed by atoms with van der Waals surface area (Å²) >= 11 is 0. The normalized spacial score (nSPS) is 16.9. The quantitative estimate of drug-likeness (QED) is 0.646. The zero-order valence-electron chi connectivity index (χ0n) is 14.3. The average molecular weight is 333 g/mol. The van der Waals surface area contributed by atoms with Crippen LogP contribution in [0.3, 0.4) is 0 Å². The van der Waals surface area contributed by atoms with Crippen LogP contribution < -0.4 is 5.32 Å². The molecule has 24 heavy (non-hydrogen) atoms. The molecule has 2 N–H and O–H groups in total. The fourth-order valence-corrected chi connectivity index (χ4v) is 3.15. The van der Waals surface area contributed by atoms with Crippen molar-refractivity contribution in [3.8, 4) is 0 Å². The number of carboxylic acid groups (broad SMARTS) is 1. The van der Waals surface area contributed by atoms with E-state index in [2.05, 4.69) is 5.32 Å². The number of hydrogen-bond acceptors (Lipinski definition) is 3. The van der Waals surface area contributed by atoms with Crippen molar-refractivity contribution in [2.45, 2.75) is 39.0 Å². The molecule has 0 spiro atoms. The molecular weight excluding hydrogens is 306 g/mol. The van der Waals surface area contributed by atoms with Crippen LogP contribution in [0.5, 0.6) is 0 Å². The summed E-state index contributed by atoms with van der Waals surface area (Å²) in [6.45, 7) is 3.33. The van der Waals surface area contributed by atoms with Crippen molar-refractivity contribution in [1.29, 1.82) is 0 Å². The van der Waals surface area contributed by atoms with Gasteiger partial charge in [-0.3, -0.25) is 9.59 Å². The van der Waals surface area contributed by atoms with Crippen molar-refractivity contribution in [2.75, 3.05) is 19.8 Å². The molecule has 0 aliphatic heterocycles. The first kappa shape index (κ1) is 18.5. The van der Waals surface area contributed by atoms with E-state index in [1.807, 2.05) is 37.3 Å². The summed E-state index contributed by atoms with van der Waals surface area (Å²) in [5.41, 5.74) is 0.610. The fourth-order valence-electron chi connectivity index (χ4n) is 3.15. The number of amides is 1. The molecule has 5 heteroatoms. The zero-order chi connectivity index (χ0) is 17.4. The van der Waals surface area contributed by atoms with Gasteiger partial charge < -0.3 is 15.2 Å². The molecule has 1 atom stereocenters. The van der Waals surface area contributed by atoms with Crippen LogP contribution in [0.1, 0.15) is 38.2 Å². The molecule has 1 unspecified atom stereocenters. The van der Waals surface area contributed by atoms with Gasteiger partial charge in [0.1, 0.15) is 0 Å². The Morgan fingerprint density at radius 2 is 2.00 bits per heavy atom. The van der Waals surface area contributed by atoms with Gasteiger partial charge in [0.25, 0.3) is 0 Å². The minimum Gasteiger partial charge on any atom is -0.481 e. The van der Waals surface area contributed by atoms with Gasteiger partial charge in [-0.25, -0.2) is 0 Å². The van der Waals surface area contributed by atoms with Gasteiger partial charge in [0.2, 0.25) is 5.91 Å². The van der Waals surface area contributed by atoms with E-state index in [0.717, 1.165) is 24.8 Å². The van der Waals surface area contributed by atoms with Gasteiger partial charge in [0.05, 0.1) is 11.3 Å². The van der Waals surface area contributed by atoms with Gasteiger partial charge >= 0.3 is 5.97 Å². The Balaban J connectivity index is 1.88. The molecule has 2 rings (SSSR count). The minimum absolute atomic E-state index is 0.0206. The maximum atomic E-state index is 12.6. The Kier molecular flexibility index (Phi) is 6.79. The molecule has 1 aliphatic rings. The van der Waals surface area contributed by atoms with Crippen LogP contribution in [-0.4, -0.2) is 36.7 Å². The molecule has 132 valence electrons. The van der Waals surface area contributed by atoms with Crippen LogP contribution in [0.2, 0.25) is 0 Å². The lowest BCUT2D eigenvalue weighted by molar-refractivity contribution is -0.142. The Labute approximate surface area is 143 Å². The van der Waals surface area contributed by atoms with Gasteiger partial charge in [-0.2, -0.15) is 0 Å². The number of nitrogens with one attached hydrogen (secondary N) is 1. The third-order valence-electron chi connectivity index (χ3n) is 4.90. The van der Waals surface area contributed by atoms with Crippen LogP contribution in [0.25, 0.3) is 0 Å². The Bertz CT molecular complexity index is 540. The third kappa shape index (κ3) is 4.81. The summed E-state index contributed by atoms with van der Waals surface area (Å²) < 4.78 is 5.38. The molecule has 0 radical (unpaired) electrons. The van der Waals surface area contributed by atoms with Gasteiger partial charge in [0.15, 0.2) is 0 Å². The van der Waals surface area contributed by atoms with E-state index in [1.165, 1.54) is 0 Å². The Morgan fingerprint density at radius 3 is 2.54 bits per heavy atom. The molecule has 1 fully saturated rings. The lowest BCUT2D eigenvalue weighted by Crippen LogP contribution is -2.48. The first-order chi connectivity index (χ1) is 11.6. The van der Waals surface area contributed by atoms with Crippen molar-refractivity contribution in [2.24, 2.45) is 11.3 Å². The standard InChI is InChI=1S/C19H27NO4/c1-2-24-12-11-19(9-6-10-19)18(23)20-14-16(17(21)22)13-15-7-4-3-5-8-15/h3-5,7-8,16H,2,6,9-14H2,1H3,(H,20,23)(H,21,22). The zero-order valence-corrected chi connectivity index (χ0v) is 14.3. The molecule has 5 nitrogen and oxygen atoms in total. The van der Waals surface area contributed by atoms with Crippen molar-refractivity contribution in [3.63, 3.8) is 0 Å². The predicted octanol–water partition coefficient (Wildman–Crippen LogP) is 2.64. The molecule has 1 aromatic carbocycles. The molecule has 0 bridgehead atoms. The highest BCUT2D eigenvalue weighted by Crippen LogP contribution is 2.44. The van der Waals surface area contributed by atoms with E-state index in [4.69, 9.17) is 4.74 Å². The van der Waals surface area contributed by atoms with E-state index < -0.39 is 11.9 Å². The number of carbonyl (C=O) groups is 2. The second-order valence-electron chi connectivity index (χ2n) is 6.52. The van der Waals surface area contributed by atoms with Crippen molar-refractivity contribution in [3.05, 3.63) is 35.9 Å². The van der Waals surface area contributed by atoms with E-state index in [-0.39, 0.29) is 17.9 Å². The summed E-state index contributed by atoms with van der Waals surface area (Å²) in [6.07, 6.45) is 3.90. The van der Waals surface area contributed by atoms with Crippen LogP contribution in [-0.2, 0) is 20.7 Å². The Hall–Kier alpha value is -1.88. The number of benzene rings is 1. The lowest BCUT2D eigenvalue weighted by atomic mass is 9.66. The van der Waals surface area contributed by atoms with Crippen molar-refractivity contribution < 1.29 is 19.4 Å². The number of carboxylic acids is 1. The molecule has 1 aliphatic carbocycles. The third-order valence-corrected chi connectivity index (χ3v) is 4.90. The van der Waals surface area contributed by atoms with Crippen LogP contribution >= 0.6 is 0 Å². The van der Waals surface area contributed by atoms with E-state index in [9.17, 15) is 14.7 Å². The summed E-state index contributed by atoms with van der Waals surface area (Å²) in [6, 6.07) is 9.51. The monoisotopic (exact) mass is 333 g/mol. The summed E-state index contributed by atoms with van der Waals surface area (Å²) in [5.74, 6) is -1.51. The number of ether oxygens (including phenoxy) is 1. The summed E-state index contributed by atoms with van der Waals surface area (Å²) in [7, 11) is 0. The molecule has 0 heterocycles. The van der Waals surface area contributed by atoms with E-state index in [0.29, 0.717) is 26.1 Å². The predicted molar refractivity (Wildman–Crippen MR) is 91.7 cm³/mol. The van der Waals surface area contributed by atoms with Crippen LogP contribution in [0, 0.1) is 11.3 Å². The number of carbonyl (C=O) groups excluding carboxylic acids is 1. The number of hydrogen-bond donors (Lipinski definition) is 2. The van der Waals surface area contributed by atoms with Gasteiger partial charge in [0, 0.05) is 19.8 Å². The second kappa shape index (κ2) is 8.83. The van der Waals surface area contributed by atoms with E-state index in [1.54, 1.807) is 0 Å². The summed E-state index contributed by atoms with van der Waals surface area (Å²) in [4.78, 5) is 24.1. The maximum Gasteiger partial charge on any atom is 0.308 e. The maximum absolute atomic E-state index is 12.6. The average Bonchev–Trinajstić information content (AvgIpc) is 2.54. The molecule has 1 saturated carbocycles. The topological polar surface area (TPSA) is 75.6 Å². The Morgan fingerprint density at radius 1 is 1.29 bits per heavy atom. The first-order valence-corrected chi connectivity index (χ1v) is 8.70. The first-order valence-electron chi connectivity index (χ1n) is 8.70. The molecule has 1 aromatic rings.